The number of ether oxygens (including phenoxy) is 1. The van der Waals surface area contributed by atoms with Gasteiger partial charge in [-0.2, -0.15) is 0 Å². The predicted molar refractivity (Wildman–Crippen MR) is 108 cm³/mol. The Kier molecular flexibility index (Phi) is 5.69. The summed E-state index contributed by atoms with van der Waals surface area (Å²) < 4.78 is 5.88. The number of carbonyl (C=O) groups is 3. The molecule has 3 rings (SSSR count). The summed E-state index contributed by atoms with van der Waals surface area (Å²) in [5.74, 6) is -0.817. The third kappa shape index (κ3) is 3.60. The summed E-state index contributed by atoms with van der Waals surface area (Å²) in [6.07, 6.45) is 8.58. The van der Waals surface area contributed by atoms with Gasteiger partial charge in [0.2, 0.25) is 0 Å². The van der Waals surface area contributed by atoms with Crippen molar-refractivity contribution in [2.24, 2.45) is 22.7 Å². The number of benzene rings is 1. The predicted octanol–water partition coefficient (Wildman–Crippen LogP) is 4.40. The van der Waals surface area contributed by atoms with Gasteiger partial charge in [0.1, 0.15) is 18.7 Å². The summed E-state index contributed by atoms with van der Waals surface area (Å²) in [4.78, 5) is 36.1. The van der Waals surface area contributed by atoms with Crippen molar-refractivity contribution < 1.29 is 19.1 Å². The Hall–Kier alpha value is -2.49. The van der Waals surface area contributed by atoms with Crippen molar-refractivity contribution in [2.75, 3.05) is 0 Å². The Morgan fingerprint density at radius 1 is 1.14 bits per heavy atom. The number of fused-ring (bicyclic) bond motifs is 1. The van der Waals surface area contributed by atoms with Gasteiger partial charge in [-0.3, -0.25) is 4.79 Å². The normalized spacial score (nSPS) is 31.5. The van der Waals surface area contributed by atoms with Crippen LogP contribution in [0.25, 0.3) is 6.08 Å². The molecule has 0 aromatic heterocycles. The largest absolute Gasteiger partial charge is 0.459 e. The molecule has 4 atom stereocenters. The lowest BCUT2D eigenvalue weighted by atomic mass is 9.48. The Labute approximate surface area is 166 Å². The fourth-order valence-electron chi connectivity index (χ4n) is 5.23. The van der Waals surface area contributed by atoms with Crippen molar-refractivity contribution in [3.8, 4) is 0 Å². The van der Waals surface area contributed by atoms with E-state index in [9.17, 15) is 14.4 Å². The fraction of sp³-hybridized carbons (Fsp3) is 0.458. The number of carbonyl (C=O) groups excluding carboxylic acids is 3. The highest BCUT2D eigenvalue weighted by Crippen LogP contribution is 2.59. The Balaban J connectivity index is 1.87. The first-order valence-corrected chi connectivity index (χ1v) is 9.87. The lowest BCUT2D eigenvalue weighted by Gasteiger charge is -2.57. The summed E-state index contributed by atoms with van der Waals surface area (Å²) in [7, 11) is 0. The summed E-state index contributed by atoms with van der Waals surface area (Å²) in [6, 6.07) is 9.55. The van der Waals surface area contributed by atoms with Crippen LogP contribution >= 0.6 is 0 Å². The van der Waals surface area contributed by atoms with E-state index in [2.05, 4.69) is 13.8 Å². The first-order valence-electron chi connectivity index (χ1n) is 9.87. The number of hydrogen-bond acceptors (Lipinski definition) is 4. The van der Waals surface area contributed by atoms with Gasteiger partial charge >= 0.3 is 5.97 Å². The highest BCUT2D eigenvalue weighted by atomic mass is 16.5. The van der Waals surface area contributed by atoms with Crippen molar-refractivity contribution in [3.05, 3.63) is 53.6 Å². The van der Waals surface area contributed by atoms with Gasteiger partial charge in [0, 0.05) is 11.5 Å². The van der Waals surface area contributed by atoms with E-state index in [1.54, 1.807) is 6.08 Å². The molecule has 1 unspecified atom stereocenters. The molecule has 1 fully saturated rings. The summed E-state index contributed by atoms with van der Waals surface area (Å²) in [5, 5.41) is 0. The minimum atomic E-state index is -0.593. The van der Waals surface area contributed by atoms with Crippen molar-refractivity contribution in [1.29, 1.82) is 0 Å². The quantitative estimate of drug-likeness (QED) is 0.432. The smallest absolute Gasteiger partial charge is 0.331 e. The maximum atomic E-state index is 12.5. The van der Waals surface area contributed by atoms with Gasteiger partial charge in [-0.15, -0.1) is 0 Å². The van der Waals surface area contributed by atoms with E-state index in [4.69, 9.17) is 4.74 Å². The molecule has 0 N–H and O–H groups in total. The van der Waals surface area contributed by atoms with E-state index < -0.39 is 23.4 Å². The molecule has 1 aromatic carbocycles. The Morgan fingerprint density at radius 2 is 1.86 bits per heavy atom. The van der Waals surface area contributed by atoms with Crippen LogP contribution < -0.4 is 0 Å². The Morgan fingerprint density at radius 3 is 2.50 bits per heavy atom. The highest BCUT2D eigenvalue weighted by Gasteiger charge is 2.58. The molecule has 0 saturated heterocycles. The van der Waals surface area contributed by atoms with Crippen molar-refractivity contribution in [2.45, 2.75) is 46.1 Å². The van der Waals surface area contributed by atoms with Gasteiger partial charge in [0.15, 0.2) is 0 Å². The molecule has 148 valence electrons. The first-order chi connectivity index (χ1) is 13.3. The van der Waals surface area contributed by atoms with Crippen LogP contribution in [0.1, 0.15) is 45.6 Å². The molecule has 0 aliphatic heterocycles. The number of esters is 1. The number of allylic oxidation sites excluding steroid dienone is 2. The van der Waals surface area contributed by atoms with Gasteiger partial charge in [0.25, 0.3) is 0 Å². The molecule has 2 aliphatic carbocycles. The molecule has 4 heteroatoms. The lowest BCUT2D eigenvalue weighted by molar-refractivity contribution is -0.175. The maximum absolute atomic E-state index is 12.5. The van der Waals surface area contributed by atoms with Gasteiger partial charge in [-0.1, -0.05) is 57.2 Å². The first kappa shape index (κ1) is 20.2. The monoisotopic (exact) mass is 380 g/mol. The van der Waals surface area contributed by atoms with Crippen LogP contribution in [0.2, 0.25) is 0 Å². The average molecular weight is 380 g/mol. The van der Waals surface area contributed by atoms with E-state index in [0.29, 0.717) is 12.0 Å². The lowest BCUT2D eigenvalue weighted by Crippen LogP contribution is -2.57. The summed E-state index contributed by atoms with van der Waals surface area (Å²) in [5.41, 5.74) is 0.837. The van der Waals surface area contributed by atoms with Crippen molar-refractivity contribution >= 4 is 24.6 Å². The van der Waals surface area contributed by atoms with Crippen molar-refractivity contribution in [3.63, 3.8) is 0 Å². The van der Waals surface area contributed by atoms with Crippen LogP contribution in [0.3, 0.4) is 0 Å². The fourth-order valence-corrected chi connectivity index (χ4v) is 5.23. The van der Waals surface area contributed by atoms with Gasteiger partial charge in [0.05, 0.1) is 5.92 Å². The molecule has 0 heterocycles. The molecule has 1 aromatic rings. The number of rotatable bonds is 5. The minimum absolute atomic E-state index is 0.00368. The Bertz CT molecular complexity index is 805. The standard InChI is InChI=1S/C24H28O4/c1-23(2)14-13-21(28-22(27)12-9-17-7-5-4-6-8-17)24(3)19(16-26)18(15-25)10-11-20(23)24/h4-10,12,15-16,19-21H,11,13-14H2,1-3H3/b12-9+/t19-,20-,21?,24+/m0/s1. The molecular formula is C24H28O4. The van der Waals surface area contributed by atoms with Gasteiger partial charge in [-0.25, -0.2) is 4.79 Å². The zero-order valence-corrected chi connectivity index (χ0v) is 16.8. The second-order valence-electron chi connectivity index (χ2n) is 8.79. The zero-order chi connectivity index (χ0) is 20.4. The second-order valence-corrected chi connectivity index (χ2v) is 8.79. The average Bonchev–Trinajstić information content (AvgIpc) is 2.68. The minimum Gasteiger partial charge on any atom is -0.459 e. The molecule has 0 radical (unpaired) electrons. The molecule has 4 nitrogen and oxygen atoms in total. The van der Waals surface area contributed by atoms with E-state index in [-0.39, 0.29) is 11.3 Å². The SMILES string of the molecule is CC1(C)CCC(OC(=O)/C=C/c2ccccc2)[C@]2(C)[C@@H](C=O)C(C=O)=CC[C@@H]12. The van der Waals surface area contributed by atoms with Gasteiger partial charge in [-0.05, 0) is 47.8 Å². The van der Waals surface area contributed by atoms with Gasteiger partial charge < -0.3 is 9.53 Å². The van der Waals surface area contributed by atoms with E-state index in [1.165, 1.54) is 6.08 Å². The third-order valence-corrected chi connectivity index (χ3v) is 6.80. The molecule has 0 amide bonds. The van der Waals surface area contributed by atoms with Crippen LogP contribution in [0, 0.1) is 22.7 Å². The van der Waals surface area contributed by atoms with Crippen LogP contribution in [0.4, 0.5) is 0 Å². The molecule has 28 heavy (non-hydrogen) atoms. The number of aldehydes is 2. The molecule has 0 spiro atoms. The van der Waals surface area contributed by atoms with Crippen molar-refractivity contribution in [1.82, 2.24) is 0 Å². The van der Waals surface area contributed by atoms with E-state index in [1.807, 2.05) is 43.3 Å². The van der Waals surface area contributed by atoms with E-state index in [0.717, 1.165) is 31.0 Å². The van der Waals surface area contributed by atoms with E-state index >= 15 is 0 Å². The van der Waals surface area contributed by atoms with Crippen LogP contribution in [-0.2, 0) is 19.1 Å². The topological polar surface area (TPSA) is 60.4 Å². The van der Waals surface area contributed by atoms with Crippen LogP contribution in [-0.4, -0.2) is 24.6 Å². The maximum Gasteiger partial charge on any atom is 0.331 e. The van der Waals surface area contributed by atoms with Crippen LogP contribution in [0.5, 0.6) is 0 Å². The zero-order valence-electron chi connectivity index (χ0n) is 16.8. The summed E-state index contributed by atoms with van der Waals surface area (Å²) in [6.45, 7) is 6.41. The third-order valence-electron chi connectivity index (χ3n) is 6.80. The van der Waals surface area contributed by atoms with Crippen LogP contribution in [0.15, 0.2) is 48.1 Å². The second kappa shape index (κ2) is 7.86. The molecule has 2 aliphatic rings. The number of hydrogen-bond donors (Lipinski definition) is 0. The highest BCUT2D eigenvalue weighted by molar-refractivity contribution is 5.87. The molecular weight excluding hydrogens is 352 g/mol. The molecule has 0 bridgehead atoms. The molecule has 1 saturated carbocycles. The summed E-state index contributed by atoms with van der Waals surface area (Å²) >= 11 is 0.